The van der Waals surface area contributed by atoms with Gasteiger partial charge in [0.1, 0.15) is 5.69 Å². The van der Waals surface area contributed by atoms with Gasteiger partial charge in [-0.2, -0.15) is 5.10 Å². The van der Waals surface area contributed by atoms with E-state index in [1.807, 2.05) is 0 Å². The van der Waals surface area contributed by atoms with Gasteiger partial charge in [0.2, 0.25) is 0 Å². The molecule has 5 nitrogen and oxygen atoms in total. The number of aryl methyl sites for hydroxylation is 1. The number of ether oxygens (including phenoxy) is 1. The van der Waals surface area contributed by atoms with Crippen molar-refractivity contribution in [1.29, 1.82) is 0 Å². The molecule has 1 aromatic rings. The number of hydrogen-bond acceptors (Lipinski definition) is 3. The van der Waals surface area contributed by atoms with Gasteiger partial charge in [0, 0.05) is 14.2 Å². The maximum Gasteiger partial charge on any atom is 1.00 e. The number of carboxylic acids is 1. The molecule has 1 heterocycles. The first-order valence-corrected chi connectivity index (χ1v) is 3.40. The van der Waals surface area contributed by atoms with Gasteiger partial charge in [-0.15, -0.1) is 0 Å². The number of rotatable bonds is 3. The topological polar surface area (TPSA) is 64.3 Å². The van der Waals surface area contributed by atoms with Crippen LogP contribution in [0.4, 0.5) is 0 Å². The molecule has 1 aromatic heterocycles. The standard InChI is InChI=1S/C7H10N2O3.Li.H/c1-9-6(7(10)11)3-5(8-9)4-12-2;;/h3H,4H2,1-2H3,(H,10,11);;/q;+1;-1. The van der Waals surface area contributed by atoms with Crippen LogP contribution in [0, 0.1) is 0 Å². The van der Waals surface area contributed by atoms with E-state index in [0.29, 0.717) is 12.3 Å². The summed E-state index contributed by atoms with van der Waals surface area (Å²) in [5, 5.41) is 12.6. The molecule has 0 atom stereocenters. The van der Waals surface area contributed by atoms with Crippen LogP contribution in [0.25, 0.3) is 0 Å². The summed E-state index contributed by atoms with van der Waals surface area (Å²) in [4.78, 5) is 10.5. The molecule has 0 aliphatic rings. The maximum atomic E-state index is 10.5. The average Bonchev–Trinajstić information content (AvgIpc) is 2.32. The number of aromatic nitrogens is 2. The Labute approximate surface area is 89.4 Å². The summed E-state index contributed by atoms with van der Waals surface area (Å²) in [6.45, 7) is 0.334. The molecular formula is C7H11LiN2O3. The van der Waals surface area contributed by atoms with Crippen molar-refractivity contribution < 1.29 is 34.9 Å². The van der Waals surface area contributed by atoms with Crippen LogP contribution in [0.3, 0.4) is 0 Å². The molecule has 0 bridgehead atoms. The second-order valence-electron chi connectivity index (χ2n) is 2.38. The van der Waals surface area contributed by atoms with E-state index >= 15 is 0 Å². The number of carbonyl (C=O) groups is 1. The minimum Gasteiger partial charge on any atom is -1.00 e. The van der Waals surface area contributed by atoms with Gasteiger partial charge in [0.05, 0.1) is 12.3 Å². The fraction of sp³-hybridized carbons (Fsp3) is 0.429. The van der Waals surface area contributed by atoms with Gasteiger partial charge in [-0.25, -0.2) is 4.79 Å². The van der Waals surface area contributed by atoms with Crippen LogP contribution in [-0.4, -0.2) is 28.0 Å². The second-order valence-corrected chi connectivity index (χ2v) is 2.38. The van der Waals surface area contributed by atoms with Crippen molar-refractivity contribution in [3.05, 3.63) is 17.5 Å². The van der Waals surface area contributed by atoms with Crippen LogP contribution in [-0.2, 0) is 18.4 Å². The van der Waals surface area contributed by atoms with E-state index in [2.05, 4.69) is 5.10 Å². The molecule has 0 amide bonds. The zero-order valence-electron chi connectivity index (χ0n) is 8.94. The fourth-order valence-electron chi connectivity index (χ4n) is 0.945. The molecular weight excluding hydrogens is 167 g/mol. The summed E-state index contributed by atoms with van der Waals surface area (Å²) in [5.74, 6) is -0.979. The Kier molecular flexibility index (Phi) is 4.77. The molecule has 0 aliphatic heterocycles. The second kappa shape index (κ2) is 5.07. The summed E-state index contributed by atoms with van der Waals surface area (Å²) in [5.41, 5.74) is 0.791. The number of nitrogens with zero attached hydrogens (tertiary/aromatic N) is 2. The Morgan fingerprint density at radius 2 is 2.46 bits per heavy atom. The monoisotopic (exact) mass is 178 g/mol. The van der Waals surface area contributed by atoms with Crippen molar-refractivity contribution in [3.63, 3.8) is 0 Å². The van der Waals surface area contributed by atoms with E-state index in [-0.39, 0.29) is 26.0 Å². The number of carboxylic acid groups (broad SMARTS) is 1. The normalized spacial score (nSPS) is 9.38. The van der Waals surface area contributed by atoms with Crippen LogP contribution in [0.5, 0.6) is 0 Å². The first kappa shape index (κ1) is 12.2. The van der Waals surface area contributed by atoms with Crippen LogP contribution >= 0.6 is 0 Å². The van der Waals surface area contributed by atoms with Crippen LogP contribution < -0.4 is 18.9 Å². The molecule has 0 spiro atoms. The SMILES string of the molecule is COCc1cc(C(=O)O)n(C)n1.[H-].[Li+]. The minimum atomic E-state index is -0.979. The Bertz CT molecular complexity index is 303. The molecule has 6 heteroatoms. The quantitative estimate of drug-likeness (QED) is 0.515. The van der Waals surface area contributed by atoms with Crippen LogP contribution in [0.2, 0.25) is 0 Å². The van der Waals surface area contributed by atoms with Crippen LogP contribution in [0.15, 0.2) is 6.07 Å². The molecule has 0 aliphatic carbocycles. The zero-order chi connectivity index (χ0) is 9.14. The number of aromatic carboxylic acids is 1. The predicted molar refractivity (Wildman–Crippen MR) is 42.0 cm³/mol. The van der Waals surface area contributed by atoms with Gasteiger partial charge in [-0.05, 0) is 6.07 Å². The van der Waals surface area contributed by atoms with E-state index in [0.717, 1.165) is 0 Å². The van der Waals surface area contributed by atoms with E-state index in [4.69, 9.17) is 9.84 Å². The Balaban J connectivity index is 0. The Hall–Kier alpha value is -0.763. The molecule has 0 aromatic carbocycles. The zero-order valence-corrected chi connectivity index (χ0v) is 7.94. The molecule has 0 unspecified atom stereocenters. The third kappa shape index (κ3) is 2.88. The third-order valence-corrected chi connectivity index (χ3v) is 1.44. The summed E-state index contributed by atoms with van der Waals surface area (Å²) < 4.78 is 6.12. The Morgan fingerprint density at radius 3 is 2.85 bits per heavy atom. The first-order valence-electron chi connectivity index (χ1n) is 3.40. The molecule has 68 valence electrons. The van der Waals surface area contributed by atoms with Gasteiger partial charge < -0.3 is 11.3 Å². The van der Waals surface area contributed by atoms with Crippen molar-refractivity contribution in [3.8, 4) is 0 Å². The van der Waals surface area contributed by atoms with Crippen molar-refractivity contribution in [2.75, 3.05) is 7.11 Å². The third-order valence-electron chi connectivity index (χ3n) is 1.44. The Morgan fingerprint density at radius 1 is 1.85 bits per heavy atom. The molecule has 13 heavy (non-hydrogen) atoms. The smallest absolute Gasteiger partial charge is 1.00 e. The van der Waals surface area contributed by atoms with E-state index in [9.17, 15) is 4.79 Å². The molecule has 1 rings (SSSR count). The molecule has 0 saturated heterocycles. The van der Waals surface area contributed by atoms with E-state index in [1.165, 1.54) is 17.9 Å². The summed E-state index contributed by atoms with van der Waals surface area (Å²) in [7, 11) is 3.12. The van der Waals surface area contributed by atoms with Crippen molar-refractivity contribution in [2.24, 2.45) is 7.05 Å². The summed E-state index contributed by atoms with van der Waals surface area (Å²) in [6, 6.07) is 1.49. The minimum absolute atomic E-state index is 0. The summed E-state index contributed by atoms with van der Waals surface area (Å²) >= 11 is 0. The largest absolute Gasteiger partial charge is 1.00 e. The van der Waals surface area contributed by atoms with Crippen molar-refractivity contribution >= 4 is 5.97 Å². The molecule has 0 saturated carbocycles. The number of methoxy groups -OCH3 is 1. The first-order chi connectivity index (χ1) is 5.65. The molecule has 0 radical (unpaired) electrons. The average molecular weight is 178 g/mol. The van der Waals surface area contributed by atoms with Gasteiger partial charge in [-0.3, -0.25) is 4.68 Å². The maximum absolute atomic E-state index is 10.5. The molecule has 1 N–H and O–H groups in total. The van der Waals surface area contributed by atoms with Crippen molar-refractivity contribution in [2.45, 2.75) is 6.61 Å². The van der Waals surface area contributed by atoms with Crippen LogP contribution in [0.1, 0.15) is 17.6 Å². The predicted octanol–water partition coefficient (Wildman–Crippen LogP) is -2.62. The van der Waals surface area contributed by atoms with E-state index < -0.39 is 5.97 Å². The van der Waals surface area contributed by atoms with E-state index in [1.54, 1.807) is 7.05 Å². The summed E-state index contributed by atoms with van der Waals surface area (Å²) in [6.07, 6.45) is 0. The van der Waals surface area contributed by atoms with Gasteiger partial charge in [0.15, 0.2) is 0 Å². The van der Waals surface area contributed by atoms with Gasteiger partial charge >= 0.3 is 24.8 Å². The van der Waals surface area contributed by atoms with Gasteiger partial charge in [-0.1, -0.05) is 0 Å². The fourth-order valence-corrected chi connectivity index (χ4v) is 0.945. The molecule has 0 fully saturated rings. The number of hydrogen-bond donors (Lipinski definition) is 1. The van der Waals surface area contributed by atoms with Gasteiger partial charge in [0.25, 0.3) is 0 Å². The van der Waals surface area contributed by atoms with Crippen molar-refractivity contribution in [1.82, 2.24) is 9.78 Å².